The number of nitrogens with one attached hydrogen (secondary N) is 2. The Morgan fingerprint density at radius 2 is 1.74 bits per heavy atom. The molecule has 10 heteroatoms. The van der Waals surface area contributed by atoms with Gasteiger partial charge < -0.3 is 15.4 Å². The second kappa shape index (κ2) is 9.65. The average Bonchev–Trinajstić information content (AvgIpc) is 3.35. The number of amides is 2. The zero-order valence-corrected chi connectivity index (χ0v) is 18.0. The number of methoxy groups -OCH3 is 1. The van der Waals surface area contributed by atoms with Gasteiger partial charge in [0.2, 0.25) is 0 Å². The van der Waals surface area contributed by atoms with Gasteiger partial charge in [0, 0.05) is 30.1 Å². The van der Waals surface area contributed by atoms with E-state index in [9.17, 15) is 19.7 Å². The van der Waals surface area contributed by atoms with Gasteiger partial charge in [-0.1, -0.05) is 24.3 Å². The zero-order valence-electron chi connectivity index (χ0n) is 18.0. The van der Waals surface area contributed by atoms with Gasteiger partial charge >= 0.3 is 0 Å². The smallest absolute Gasteiger partial charge is 0.276 e. The molecule has 2 N–H and O–H groups in total. The summed E-state index contributed by atoms with van der Waals surface area (Å²) in [5, 5.41) is 20.7. The number of hydrogen-bond donors (Lipinski definition) is 2. The van der Waals surface area contributed by atoms with Crippen LogP contribution in [0.15, 0.2) is 85.1 Å². The largest absolute Gasteiger partial charge is 0.497 e. The molecule has 170 valence electrons. The number of anilines is 2. The zero-order chi connectivity index (χ0) is 24.1. The fourth-order valence-corrected chi connectivity index (χ4v) is 3.21. The van der Waals surface area contributed by atoms with E-state index in [0.29, 0.717) is 22.8 Å². The molecule has 4 aromatic rings. The number of carbonyl (C=O) groups is 2. The number of non-ortho nitro benzene ring substituents is 1. The summed E-state index contributed by atoms with van der Waals surface area (Å²) in [4.78, 5) is 36.2. The maximum atomic E-state index is 12.9. The number of para-hydroxylation sites is 1. The van der Waals surface area contributed by atoms with E-state index in [4.69, 9.17) is 4.74 Å². The van der Waals surface area contributed by atoms with Crippen molar-refractivity contribution in [2.75, 3.05) is 17.7 Å². The molecule has 2 amide bonds. The third-order valence-electron chi connectivity index (χ3n) is 4.87. The first-order valence-electron chi connectivity index (χ1n) is 10.1. The van der Waals surface area contributed by atoms with Crippen LogP contribution in [0.2, 0.25) is 0 Å². The molecule has 0 bridgehead atoms. The van der Waals surface area contributed by atoms with E-state index in [-0.39, 0.29) is 16.9 Å². The molecule has 0 saturated heterocycles. The standard InChI is InChI=1S/C24H19N5O5/c1-34-19-9-4-6-16(14-19)25-23(30)20-10-2-3-11-21(20)26-24(31)22-12-13-28(27-22)17-7-5-8-18(15-17)29(32)33/h2-15H,1H3,(H,25,30)(H,26,31). The predicted molar refractivity (Wildman–Crippen MR) is 126 cm³/mol. The Hall–Kier alpha value is -4.99. The van der Waals surface area contributed by atoms with Crippen LogP contribution in [0.3, 0.4) is 0 Å². The number of nitro benzene ring substituents is 1. The van der Waals surface area contributed by atoms with Gasteiger partial charge in [0.05, 0.1) is 29.0 Å². The minimum Gasteiger partial charge on any atom is -0.497 e. The first-order chi connectivity index (χ1) is 16.4. The third-order valence-corrected chi connectivity index (χ3v) is 4.87. The summed E-state index contributed by atoms with van der Waals surface area (Å²) in [5.74, 6) is -0.351. The fourth-order valence-electron chi connectivity index (χ4n) is 3.21. The lowest BCUT2D eigenvalue weighted by atomic mass is 10.1. The molecule has 0 unspecified atom stereocenters. The Morgan fingerprint density at radius 1 is 0.941 bits per heavy atom. The van der Waals surface area contributed by atoms with Gasteiger partial charge in [0.1, 0.15) is 5.75 Å². The van der Waals surface area contributed by atoms with Crippen LogP contribution in [0.1, 0.15) is 20.8 Å². The molecule has 0 aliphatic heterocycles. The molecule has 0 spiro atoms. The molecule has 1 aromatic heterocycles. The summed E-state index contributed by atoms with van der Waals surface area (Å²) in [7, 11) is 1.53. The van der Waals surface area contributed by atoms with Crippen LogP contribution in [0.25, 0.3) is 5.69 Å². The van der Waals surface area contributed by atoms with Gasteiger partial charge in [0.25, 0.3) is 17.5 Å². The summed E-state index contributed by atoms with van der Waals surface area (Å²) in [6.07, 6.45) is 1.52. The van der Waals surface area contributed by atoms with Crippen molar-refractivity contribution < 1.29 is 19.2 Å². The van der Waals surface area contributed by atoms with E-state index in [1.807, 2.05) is 0 Å². The van der Waals surface area contributed by atoms with Crippen LogP contribution in [0, 0.1) is 10.1 Å². The normalized spacial score (nSPS) is 10.4. The van der Waals surface area contributed by atoms with Crippen molar-refractivity contribution in [2.45, 2.75) is 0 Å². The van der Waals surface area contributed by atoms with Crippen molar-refractivity contribution in [1.29, 1.82) is 0 Å². The van der Waals surface area contributed by atoms with E-state index in [0.717, 1.165) is 0 Å². The molecular formula is C24H19N5O5. The number of nitrogens with zero attached hydrogens (tertiary/aromatic N) is 3. The van der Waals surface area contributed by atoms with Crippen molar-refractivity contribution in [3.8, 4) is 11.4 Å². The minimum atomic E-state index is -0.536. The molecule has 1 heterocycles. The highest BCUT2D eigenvalue weighted by Crippen LogP contribution is 2.21. The number of carbonyl (C=O) groups excluding carboxylic acids is 2. The molecule has 0 aliphatic carbocycles. The molecule has 0 fully saturated rings. The van der Waals surface area contributed by atoms with Crippen LogP contribution in [0.4, 0.5) is 17.1 Å². The topological polar surface area (TPSA) is 128 Å². The number of benzene rings is 3. The maximum Gasteiger partial charge on any atom is 0.276 e. The molecule has 4 rings (SSSR count). The summed E-state index contributed by atoms with van der Waals surface area (Å²) < 4.78 is 6.53. The highest BCUT2D eigenvalue weighted by atomic mass is 16.6. The molecule has 34 heavy (non-hydrogen) atoms. The Bertz CT molecular complexity index is 1380. The number of ether oxygens (including phenoxy) is 1. The Balaban J connectivity index is 1.52. The summed E-state index contributed by atoms with van der Waals surface area (Å²) in [6.45, 7) is 0. The molecule has 3 aromatic carbocycles. The molecule has 10 nitrogen and oxygen atoms in total. The van der Waals surface area contributed by atoms with Crippen LogP contribution in [0.5, 0.6) is 5.75 Å². The summed E-state index contributed by atoms with van der Waals surface area (Å²) in [6, 6.07) is 20.9. The first-order valence-corrected chi connectivity index (χ1v) is 10.1. The highest BCUT2D eigenvalue weighted by molar-refractivity contribution is 6.12. The first kappa shape index (κ1) is 22.2. The van der Waals surface area contributed by atoms with Crippen molar-refractivity contribution in [1.82, 2.24) is 9.78 Å². The third kappa shape index (κ3) is 4.91. The van der Waals surface area contributed by atoms with E-state index < -0.39 is 16.7 Å². The minimum absolute atomic E-state index is 0.0783. The van der Waals surface area contributed by atoms with Crippen molar-refractivity contribution in [3.63, 3.8) is 0 Å². The van der Waals surface area contributed by atoms with E-state index >= 15 is 0 Å². The van der Waals surface area contributed by atoms with E-state index in [1.54, 1.807) is 54.6 Å². The second-order valence-electron chi connectivity index (χ2n) is 7.11. The summed E-state index contributed by atoms with van der Waals surface area (Å²) >= 11 is 0. The molecule has 0 radical (unpaired) electrons. The quantitative estimate of drug-likeness (QED) is 0.315. The lowest BCUT2D eigenvalue weighted by molar-refractivity contribution is -0.384. The Morgan fingerprint density at radius 3 is 2.53 bits per heavy atom. The average molecular weight is 457 g/mol. The molecule has 0 aliphatic rings. The SMILES string of the molecule is COc1cccc(NC(=O)c2ccccc2NC(=O)c2ccn(-c3cccc([N+](=O)[O-])c3)n2)c1. The Labute approximate surface area is 193 Å². The van der Waals surface area contributed by atoms with Crippen molar-refractivity contribution >= 4 is 28.9 Å². The fraction of sp³-hybridized carbons (Fsp3) is 0.0417. The second-order valence-corrected chi connectivity index (χ2v) is 7.11. The lowest BCUT2D eigenvalue weighted by Gasteiger charge is -2.11. The van der Waals surface area contributed by atoms with Crippen LogP contribution in [-0.4, -0.2) is 33.6 Å². The number of hydrogen-bond acceptors (Lipinski definition) is 6. The van der Waals surface area contributed by atoms with Gasteiger partial charge in [-0.3, -0.25) is 19.7 Å². The van der Waals surface area contributed by atoms with Crippen molar-refractivity contribution in [3.05, 3.63) is 106 Å². The van der Waals surface area contributed by atoms with Gasteiger partial charge in [0.15, 0.2) is 5.69 Å². The van der Waals surface area contributed by atoms with Gasteiger partial charge in [-0.05, 0) is 36.4 Å². The van der Waals surface area contributed by atoms with E-state index in [1.165, 1.54) is 42.3 Å². The molecule has 0 atom stereocenters. The van der Waals surface area contributed by atoms with Gasteiger partial charge in [-0.2, -0.15) is 5.10 Å². The van der Waals surface area contributed by atoms with Crippen LogP contribution >= 0.6 is 0 Å². The monoisotopic (exact) mass is 457 g/mol. The van der Waals surface area contributed by atoms with E-state index in [2.05, 4.69) is 15.7 Å². The maximum absolute atomic E-state index is 12.9. The lowest BCUT2D eigenvalue weighted by Crippen LogP contribution is -2.18. The van der Waals surface area contributed by atoms with Crippen molar-refractivity contribution in [2.24, 2.45) is 0 Å². The number of aromatic nitrogens is 2. The van der Waals surface area contributed by atoms with Crippen LogP contribution in [-0.2, 0) is 0 Å². The Kier molecular flexibility index (Phi) is 6.31. The predicted octanol–water partition coefficient (Wildman–Crippen LogP) is 4.29. The molecular weight excluding hydrogens is 438 g/mol. The summed E-state index contributed by atoms with van der Waals surface area (Å²) in [5.41, 5.74) is 1.53. The van der Waals surface area contributed by atoms with Crippen LogP contribution < -0.4 is 15.4 Å². The van der Waals surface area contributed by atoms with Gasteiger partial charge in [-0.25, -0.2) is 4.68 Å². The molecule has 0 saturated carbocycles. The number of rotatable bonds is 7. The number of nitro groups is 1. The van der Waals surface area contributed by atoms with Gasteiger partial charge in [-0.15, -0.1) is 0 Å². The highest BCUT2D eigenvalue weighted by Gasteiger charge is 2.17.